The van der Waals surface area contributed by atoms with Crippen LogP contribution < -0.4 is 5.73 Å². The van der Waals surface area contributed by atoms with Gasteiger partial charge in [0.1, 0.15) is 0 Å². The summed E-state index contributed by atoms with van der Waals surface area (Å²) in [5.41, 5.74) is 8.43. The largest absolute Gasteiger partial charge is 0.341 e. The second-order valence-corrected chi connectivity index (χ2v) is 4.46. The Morgan fingerprint density at radius 1 is 1.38 bits per heavy atom. The van der Waals surface area contributed by atoms with Crippen LogP contribution in [0.3, 0.4) is 0 Å². The first-order chi connectivity index (χ1) is 7.66. The summed E-state index contributed by atoms with van der Waals surface area (Å²) < 4.78 is 0. The van der Waals surface area contributed by atoms with E-state index in [9.17, 15) is 4.79 Å². The van der Waals surface area contributed by atoms with Gasteiger partial charge >= 0.3 is 0 Å². The van der Waals surface area contributed by atoms with Crippen molar-refractivity contribution >= 4 is 5.91 Å². The number of nitrogens with zero attached hydrogens (tertiary/aromatic N) is 1. The first-order valence-corrected chi connectivity index (χ1v) is 5.77. The van der Waals surface area contributed by atoms with E-state index >= 15 is 0 Å². The smallest absolute Gasteiger partial charge is 0.222 e. The molecule has 1 saturated heterocycles. The molecular formula is C13H18N2O. The Balaban J connectivity index is 1.99. The highest BCUT2D eigenvalue weighted by molar-refractivity contribution is 5.78. The Morgan fingerprint density at radius 3 is 2.62 bits per heavy atom. The second kappa shape index (κ2) is 4.66. The molecule has 0 aromatic heterocycles. The van der Waals surface area contributed by atoms with Gasteiger partial charge in [-0.1, -0.05) is 29.8 Å². The Kier molecular flexibility index (Phi) is 3.25. The molecule has 3 nitrogen and oxygen atoms in total. The second-order valence-electron chi connectivity index (χ2n) is 4.46. The monoisotopic (exact) mass is 218 g/mol. The van der Waals surface area contributed by atoms with Crippen molar-refractivity contribution in [3.8, 4) is 0 Å². The van der Waals surface area contributed by atoms with Crippen molar-refractivity contribution in [3.63, 3.8) is 0 Å². The van der Waals surface area contributed by atoms with Gasteiger partial charge in [-0.05, 0) is 18.9 Å². The number of benzene rings is 1. The molecule has 16 heavy (non-hydrogen) atoms. The number of aryl methyl sites for hydroxylation is 1. The number of carbonyl (C=O) groups is 1. The third-order valence-corrected chi connectivity index (χ3v) is 3.09. The summed E-state index contributed by atoms with van der Waals surface area (Å²) in [7, 11) is 0. The van der Waals surface area contributed by atoms with Crippen LogP contribution >= 0.6 is 0 Å². The number of carbonyl (C=O) groups excluding carboxylic acids is 1. The van der Waals surface area contributed by atoms with Crippen LogP contribution in [0.1, 0.15) is 30.0 Å². The average molecular weight is 218 g/mol. The molecule has 2 N–H and O–H groups in total. The van der Waals surface area contributed by atoms with E-state index in [0.29, 0.717) is 13.0 Å². The highest BCUT2D eigenvalue weighted by Gasteiger charge is 2.22. The predicted octanol–water partition coefficient (Wildman–Crippen LogP) is 1.62. The minimum absolute atomic E-state index is 0.0670. The van der Waals surface area contributed by atoms with E-state index < -0.39 is 0 Å². The zero-order valence-corrected chi connectivity index (χ0v) is 9.65. The first-order valence-electron chi connectivity index (χ1n) is 5.77. The van der Waals surface area contributed by atoms with Crippen LogP contribution in [0.15, 0.2) is 24.3 Å². The molecule has 1 heterocycles. The maximum atomic E-state index is 11.5. The molecule has 1 atom stereocenters. The van der Waals surface area contributed by atoms with Crippen molar-refractivity contribution in [1.29, 1.82) is 0 Å². The minimum atomic E-state index is -0.0670. The lowest BCUT2D eigenvalue weighted by Crippen LogP contribution is -2.32. The highest BCUT2D eigenvalue weighted by atomic mass is 16.2. The fourth-order valence-electron chi connectivity index (χ4n) is 2.05. The van der Waals surface area contributed by atoms with Gasteiger partial charge in [0.25, 0.3) is 0 Å². The first kappa shape index (κ1) is 11.1. The quantitative estimate of drug-likeness (QED) is 0.838. The van der Waals surface area contributed by atoms with E-state index in [1.165, 1.54) is 5.56 Å². The van der Waals surface area contributed by atoms with E-state index in [0.717, 1.165) is 18.5 Å². The van der Waals surface area contributed by atoms with Crippen LogP contribution in [0.25, 0.3) is 0 Å². The van der Waals surface area contributed by atoms with Gasteiger partial charge in [0.2, 0.25) is 5.91 Å². The molecule has 1 amide bonds. The van der Waals surface area contributed by atoms with Gasteiger partial charge < -0.3 is 10.6 Å². The maximum absolute atomic E-state index is 11.5. The Morgan fingerprint density at radius 2 is 2.06 bits per heavy atom. The molecule has 1 aromatic carbocycles. The molecule has 1 aliphatic heterocycles. The van der Waals surface area contributed by atoms with Crippen molar-refractivity contribution in [2.75, 3.05) is 13.1 Å². The Labute approximate surface area is 96.2 Å². The standard InChI is InChI=1S/C13H18N2O/c1-10-4-6-11(7-5-10)12(14)9-15-8-2-3-13(15)16/h4-7,12H,2-3,8-9,14H2,1H3. The molecule has 1 fully saturated rings. The zero-order chi connectivity index (χ0) is 11.5. The van der Waals surface area contributed by atoms with Crippen LogP contribution in [-0.2, 0) is 4.79 Å². The van der Waals surface area contributed by atoms with E-state index in [2.05, 4.69) is 19.1 Å². The molecule has 1 aliphatic rings. The molecule has 3 heteroatoms. The molecule has 0 bridgehead atoms. The SMILES string of the molecule is Cc1ccc(C(N)CN2CCCC2=O)cc1. The third-order valence-electron chi connectivity index (χ3n) is 3.09. The number of hydrogen-bond acceptors (Lipinski definition) is 2. The van der Waals surface area contributed by atoms with E-state index in [4.69, 9.17) is 5.73 Å². The van der Waals surface area contributed by atoms with E-state index in [-0.39, 0.29) is 11.9 Å². The molecule has 86 valence electrons. The molecule has 0 radical (unpaired) electrons. The predicted molar refractivity (Wildman–Crippen MR) is 63.9 cm³/mol. The van der Waals surface area contributed by atoms with Gasteiger partial charge in [-0.15, -0.1) is 0 Å². The van der Waals surface area contributed by atoms with Crippen LogP contribution in [0.2, 0.25) is 0 Å². The molecule has 2 rings (SSSR count). The van der Waals surface area contributed by atoms with Crippen molar-refractivity contribution in [2.45, 2.75) is 25.8 Å². The number of hydrogen-bond donors (Lipinski definition) is 1. The lowest BCUT2D eigenvalue weighted by atomic mass is 10.1. The van der Waals surface area contributed by atoms with Crippen molar-refractivity contribution < 1.29 is 4.79 Å². The summed E-state index contributed by atoms with van der Waals surface area (Å²) in [5, 5.41) is 0. The van der Waals surface area contributed by atoms with Crippen molar-refractivity contribution in [1.82, 2.24) is 4.90 Å². The number of nitrogens with two attached hydrogens (primary N) is 1. The van der Waals surface area contributed by atoms with Gasteiger partial charge in [0, 0.05) is 25.6 Å². The number of likely N-dealkylation sites (tertiary alicyclic amines) is 1. The molecule has 1 unspecified atom stereocenters. The molecule has 1 aromatic rings. The van der Waals surface area contributed by atoms with Gasteiger partial charge in [0.15, 0.2) is 0 Å². The summed E-state index contributed by atoms with van der Waals surface area (Å²) in [4.78, 5) is 13.3. The summed E-state index contributed by atoms with van der Waals surface area (Å²) in [6, 6.07) is 8.13. The van der Waals surface area contributed by atoms with E-state index in [1.807, 2.05) is 17.0 Å². The molecule has 0 aliphatic carbocycles. The van der Waals surface area contributed by atoms with Crippen LogP contribution in [-0.4, -0.2) is 23.9 Å². The maximum Gasteiger partial charge on any atom is 0.222 e. The van der Waals surface area contributed by atoms with Crippen molar-refractivity contribution in [3.05, 3.63) is 35.4 Å². The zero-order valence-electron chi connectivity index (χ0n) is 9.65. The van der Waals surface area contributed by atoms with Gasteiger partial charge in [-0.2, -0.15) is 0 Å². The van der Waals surface area contributed by atoms with Gasteiger partial charge in [0.05, 0.1) is 0 Å². The summed E-state index contributed by atoms with van der Waals surface area (Å²) in [6.07, 6.45) is 1.65. The number of rotatable bonds is 3. The Bertz CT molecular complexity index is 372. The fraction of sp³-hybridized carbons (Fsp3) is 0.462. The van der Waals surface area contributed by atoms with Crippen LogP contribution in [0, 0.1) is 6.92 Å². The molecular weight excluding hydrogens is 200 g/mol. The minimum Gasteiger partial charge on any atom is -0.341 e. The van der Waals surface area contributed by atoms with Crippen molar-refractivity contribution in [2.24, 2.45) is 5.73 Å². The Hall–Kier alpha value is -1.35. The number of amides is 1. The highest BCUT2D eigenvalue weighted by Crippen LogP contribution is 2.16. The molecule has 0 saturated carbocycles. The lowest BCUT2D eigenvalue weighted by molar-refractivity contribution is -0.127. The normalized spacial score (nSPS) is 17.9. The summed E-state index contributed by atoms with van der Waals surface area (Å²) in [6.45, 7) is 3.56. The average Bonchev–Trinajstić information content (AvgIpc) is 2.65. The summed E-state index contributed by atoms with van der Waals surface area (Å²) >= 11 is 0. The van der Waals surface area contributed by atoms with Gasteiger partial charge in [-0.25, -0.2) is 0 Å². The molecule has 0 spiro atoms. The van der Waals surface area contributed by atoms with Crippen LogP contribution in [0.4, 0.5) is 0 Å². The van der Waals surface area contributed by atoms with Crippen LogP contribution in [0.5, 0.6) is 0 Å². The fourth-order valence-corrected chi connectivity index (χ4v) is 2.05. The summed E-state index contributed by atoms with van der Waals surface area (Å²) in [5.74, 6) is 0.238. The topological polar surface area (TPSA) is 46.3 Å². The lowest BCUT2D eigenvalue weighted by Gasteiger charge is -2.21. The van der Waals surface area contributed by atoms with E-state index in [1.54, 1.807) is 0 Å². The third kappa shape index (κ3) is 2.42. The van der Waals surface area contributed by atoms with Gasteiger partial charge in [-0.3, -0.25) is 4.79 Å².